The Labute approximate surface area is 86.5 Å². The zero-order chi connectivity index (χ0) is 9.47. The quantitative estimate of drug-likeness (QED) is 0.372. The summed E-state index contributed by atoms with van der Waals surface area (Å²) in [4.78, 5) is 11.6. The van der Waals surface area contributed by atoms with Crippen LogP contribution in [0.5, 0.6) is 0 Å². The topological polar surface area (TPSA) is 26.3 Å². The van der Waals surface area contributed by atoms with Crippen molar-refractivity contribution in [2.45, 2.75) is 42.5 Å². The molecule has 1 aliphatic carbocycles. The van der Waals surface area contributed by atoms with E-state index >= 15 is 0 Å². The fraction of sp³-hybridized carbons (Fsp3) is 0.700. The van der Waals surface area contributed by atoms with Gasteiger partial charge in [-0.25, -0.2) is 4.79 Å². The monoisotopic (exact) mass is 244 g/mol. The van der Waals surface area contributed by atoms with Crippen molar-refractivity contribution in [3.8, 4) is 0 Å². The van der Waals surface area contributed by atoms with Crippen molar-refractivity contribution in [3.63, 3.8) is 0 Å². The first kappa shape index (κ1) is 9.25. The molecule has 2 nitrogen and oxygen atoms in total. The summed E-state index contributed by atoms with van der Waals surface area (Å²) in [7, 11) is 0. The van der Waals surface area contributed by atoms with Gasteiger partial charge in [0.25, 0.3) is 0 Å². The predicted molar refractivity (Wildman–Crippen MR) is 53.8 cm³/mol. The number of rotatable bonds is 0. The highest BCUT2D eigenvalue weighted by Crippen LogP contribution is 2.44. The number of carbonyl (C=O) groups is 1. The molecule has 1 heterocycles. The molecular weight excluding hydrogens is 232 g/mol. The smallest absolute Gasteiger partial charge is 0.334 e. The zero-order valence-electron chi connectivity index (χ0n) is 7.51. The summed E-state index contributed by atoms with van der Waals surface area (Å²) in [6, 6.07) is 0. The molecule has 1 spiro atoms. The number of alkyl halides is 1. The Hall–Kier alpha value is -0.310. The highest BCUT2D eigenvalue weighted by atomic mass is 79.9. The molecule has 1 saturated heterocycles. The largest absolute Gasteiger partial charge is 0.454 e. The van der Waals surface area contributed by atoms with Crippen LogP contribution in [-0.4, -0.2) is 16.4 Å². The van der Waals surface area contributed by atoms with Gasteiger partial charge in [0, 0.05) is 12.0 Å². The molecule has 1 aliphatic heterocycles. The minimum absolute atomic E-state index is 0.202. The lowest BCUT2D eigenvalue weighted by atomic mass is 9.82. The van der Waals surface area contributed by atoms with Crippen molar-refractivity contribution in [2.75, 3.05) is 0 Å². The fourth-order valence-electron chi connectivity index (χ4n) is 2.21. The second kappa shape index (κ2) is 3.12. The highest BCUT2D eigenvalue weighted by molar-refractivity contribution is 9.09. The lowest BCUT2D eigenvalue weighted by Gasteiger charge is -2.36. The SMILES string of the molecule is C=C1C[C@]2(CCCC[C@H]2Br)OC1=O. The molecule has 0 radical (unpaired) electrons. The fourth-order valence-corrected chi connectivity index (χ4v) is 3.02. The zero-order valence-corrected chi connectivity index (χ0v) is 9.10. The Morgan fingerprint density at radius 3 is 2.85 bits per heavy atom. The first-order valence-electron chi connectivity index (χ1n) is 4.69. The normalized spacial score (nSPS) is 39.6. The van der Waals surface area contributed by atoms with E-state index < -0.39 is 0 Å². The van der Waals surface area contributed by atoms with Crippen LogP contribution < -0.4 is 0 Å². The summed E-state index contributed by atoms with van der Waals surface area (Å²) >= 11 is 3.61. The number of ether oxygens (including phenoxy) is 1. The van der Waals surface area contributed by atoms with E-state index in [2.05, 4.69) is 22.5 Å². The maximum Gasteiger partial charge on any atom is 0.334 e. The van der Waals surface area contributed by atoms with Crippen LogP contribution in [0.4, 0.5) is 0 Å². The number of hydrogen-bond acceptors (Lipinski definition) is 2. The molecule has 3 heteroatoms. The predicted octanol–water partition coefficient (Wildman–Crippen LogP) is 2.57. The maximum atomic E-state index is 11.3. The van der Waals surface area contributed by atoms with Gasteiger partial charge in [0.05, 0.1) is 4.83 Å². The molecule has 1 saturated carbocycles. The second-order valence-electron chi connectivity index (χ2n) is 3.95. The third kappa shape index (κ3) is 1.43. The summed E-state index contributed by atoms with van der Waals surface area (Å²) in [6.07, 6.45) is 5.17. The van der Waals surface area contributed by atoms with Crippen LogP contribution in [0.25, 0.3) is 0 Å². The van der Waals surface area contributed by atoms with Gasteiger partial charge in [0.15, 0.2) is 0 Å². The van der Waals surface area contributed by atoms with Crippen molar-refractivity contribution in [1.82, 2.24) is 0 Å². The standard InChI is InChI=1S/C10H13BrO2/c1-7-6-10(13-9(7)12)5-3-2-4-8(10)11/h8H,1-6H2/t8-,10+/m1/s1. The van der Waals surface area contributed by atoms with Crippen LogP contribution >= 0.6 is 15.9 Å². The molecule has 0 aromatic rings. The molecule has 0 aromatic heterocycles. The molecule has 2 fully saturated rings. The van der Waals surface area contributed by atoms with Gasteiger partial charge in [-0.2, -0.15) is 0 Å². The Morgan fingerprint density at radius 1 is 1.54 bits per heavy atom. The van der Waals surface area contributed by atoms with Gasteiger partial charge >= 0.3 is 5.97 Å². The molecule has 2 rings (SSSR count). The number of halogens is 1. The maximum absolute atomic E-state index is 11.3. The number of esters is 1. The van der Waals surface area contributed by atoms with E-state index in [4.69, 9.17) is 4.74 Å². The Kier molecular flexibility index (Phi) is 2.22. The summed E-state index contributed by atoms with van der Waals surface area (Å²) in [5.41, 5.74) is 0.373. The van der Waals surface area contributed by atoms with Crippen LogP contribution in [0.2, 0.25) is 0 Å². The minimum atomic E-state index is -0.258. The van der Waals surface area contributed by atoms with E-state index in [1.165, 1.54) is 6.42 Å². The molecule has 13 heavy (non-hydrogen) atoms. The van der Waals surface area contributed by atoms with Crippen molar-refractivity contribution in [2.24, 2.45) is 0 Å². The van der Waals surface area contributed by atoms with E-state index in [1.807, 2.05) is 0 Å². The molecule has 0 aromatic carbocycles. The van der Waals surface area contributed by atoms with Crippen LogP contribution in [-0.2, 0) is 9.53 Å². The van der Waals surface area contributed by atoms with Gasteiger partial charge in [-0.05, 0) is 19.3 Å². The molecule has 2 atom stereocenters. The van der Waals surface area contributed by atoms with Crippen LogP contribution in [0.15, 0.2) is 12.2 Å². The third-order valence-electron chi connectivity index (χ3n) is 2.98. The summed E-state index contributed by atoms with van der Waals surface area (Å²) in [5, 5.41) is 0. The van der Waals surface area contributed by atoms with Gasteiger partial charge in [0.2, 0.25) is 0 Å². The van der Waals surface area contributed by atoms with Gasteiger partial charge in [-0.15, -0.1) is 0 Å². The molecule has 0 bridgehead atoms. The lowest BCUT2D eigenvalue weighted by Crippen LogP contribution is -2.41. The van der Waals surface area contributed by atoms with E-state index in [0.29, 0.717) is 16.8 Å². The van der Waals surface area contributed by atoms with E-state index in [9.17, 15) is 4.79 Å². The highest BCUT2D eigenvalue weighted by Gasteiger charge is 2.48. The summed E-state index contributed by atoms with van der Waals surface area (Å²) in [6.45, 7) is 3.72. The van der Waals surface area contributed by atoms with Crippen LogP contribution in [0.1, 0.15) is 32.1 Å². The van der Waals surface area contributed by atoms with Gasteiger partial charge in [0.1, 0.15) is 5.60 Å². The Bertz CT molecular complexity index is 244. The minimum Gasteiger partial charge on any atom is -0.454 e. The molecule has 0 amide bonds. The van der Waals surface area contributed by atoms with Gasteiger partial charge in [-0.3, -0.25) is 0 Å². The second-order valence-corrected chi connectivity index (χ2v) is 5.05. The van der Waals surface area contributed by atoms with Crippen molar-refractivity contribution in [3.05, 3.63) is 12.2 Å². The molecule has 2 aliphatic rings. The van der Waals surface area contributed by atoms with E-state index in [-0.39, 0.29) is 11.6 Å². The lowest BCUT2D eigenvalue weighted by molar-refractivity contribution is -0.148. The molecule has 0 unspecified atom stereocenters. The van der Waals surface area contributed by atoms with Gasteiger partial charge < -0.3 is 4.74 Å². The van der Waals surface area contributed by atoms with Gasteiger partial charge in [-0.1, -0.05) is 28.9 Å². The van der Waals surface area contributed by atoms with Crippen molar-refractivity contribution in [1.29, 1.82) is 0 Å². The third-order valence-corrected chi connectivity index (χ3v) is 4.27. The average molecular weight is 245 g/mol. The summed E-state index contributed by atoms with van der Waals surface area (Å²) in [5.74, 6) is -0.202. The van der Waals surface area contributed by atoms with Crippen LogP contribution in [0.3, 0.4) is 0 Å². The number of carbonyl (C=O) groups excluding carboxylic acids is 1. The van der Waals surface area contributed by atoms with E-state index in [1.54, 1.807) is 0 Å². The molecule has 0 N–H and O–H groups in total. The van der Waals surface area contributed by atoms with Crippen LogP contribution in [0, 0.1) is 0 Å². The summed E-state index contributed by atoms with van der Waals surface area (Å²) < 4.78 is 5.43. The average Bonchev–Trinajstić information content (AvgIpc) is 2.36. The van der Waals surface area contributed by atoms with E-state index in [0.717, 1.165) is 19.3 Å². The first-order chi connectivity index (χ1) is 6.14. The molecular formula is C10H13BrO2. The van der Waals surface area contributed by atoms with Crippen molar-refractivity contribution < 1.29 is 9.53 Å². The Balaban J connectivity index is 2.20. The molecule has 72 valence electrons. The first-order valence-corrected chi connectivity index (χ1v) is 5.61. The number of hydrogen-bond donors (Lipinski definition) is 0. The Morgan fingerprint density at radius 2 is 2.31 bits per heavy atom. The van der Waals surface area contributed by atoms with Crippen molar-refractivity contribution >= 4 is 21.9 Å².